The van der Waals surface area contributed by atoms with Crippen molar-refractivity contribution in [3.63, 3.8) is 0 Å². The number of carbonyl (C=O) groups is 2. The van der Waals surface area contributed by atoms with Gasteiger partial charge in [0.2, 0.25) is 16.9 Å². The van der Waals surface area contributed by atoms with Gasteiger partial charge in [-0.05, 0) is 12.1 Å². The number of nitrogens with one attached hydrogen (secondary N) is 2. The van der Waals surface area contributed by atoms with Crippen molar-refractivity contribution in [1.82, 2.24) is 10.2 Å². The molecule has 1 unspecified atom stereocenters. The Bertz CT molecular complexity index is 753. The fourth-order valence-electron chi connectivity index (χ4n) is 1.94. The topological polar surface area (TPSA) is 84.0 Å². The summed E-state index contributed by atoms with van der Waals surface area (Å²) in [6.45, 7) is 0. The minimum Gasteiger partial charge on any atom is -0.324 e. The van der Waals surface area contributed by atoms with Crippen LogP contribution in [0.1, 0.15) is 17.9 Å². The van der Waals surface area contributed by atoms with E-state index in [4.69, 9.17) is 0 Å². The van der Waals surface area contributed by atoms with Gasteiger partial charge in [-0.15, -0.1) is 22.0 Å². The van der Waals surface area contributed by atoms with E-state index in [0.29, 0.717) is 17.0 Å². The van der Waals surface area contributed by atoms with Crippen molar-refractivity contribution >= 4 is 45.7 Å². The third-order valence-electron chi connectivity index (χ3n) is 2.95. The molecule has 2 aromatic rings. The molecule has 0 bridgehead atoms. The second-order valence-electron chi connectivity index (χ2n) is 4.59. The lowest BCUT2D eigenvalue weighted by Crippen LogP contribution is -2.32. The number of rotatable bonds is 4. The van der Waals surface area contributed by atoms with Crippen molar-refractivity contribution in [2.45, 2.75) is 23.0 Å². The molecule has 0 radical (unpaired) electrons. The molecule has 0 fully saturated rings. The molecule has 2 heterocycles. The molecule has 3 rings (SSSR count). The van der Waals surface area contributed by atoms with Gasteiger partial charge in [-0.25, -0.2) is 8.78 Å². The summed E-state index contributed by atoms with van der Waals surface area (Å²) < 4.78 is 24.8. The summed E-state index contributed by atoms with van der Waals surface area (Å²) in [5.74, 6) is -0.747. The number of para-hydroxylation sites is 1. The monoisotopic (exact) mass is 356 g/mol. The minimum atomic E-state index is -2.73. The average molecular weight is 356 g/mol. The zero-order chi connectivity index (χ0) is 16.4. The van der Waals surface area contributed by atoms with Crippen LogP contribution in [-0.2, 0) is 9.59 Å². The average Bonchev–Trinajstić information content (AvgIpc) is 2.96. The van der Waals surface area contributed by atoms with Gasteiger partial charge in [0.1, 0.15) is 0 Å². The molecule has 2 amide bonds. The highest BCUT2D eigenvalue weighted by Crippen LogP contribution is 2.36. The first-order valence-corrected chi connectivity index (χ1v) is 8.20. The molecule has 120 valence electrons. The van der Waals surface area contributed by atoms with Crippen molar-refractivity contribution in [1.29, 1.82) is 0 Å². The van der Waals surface area contributed by atoms with Crippen molar-refractivity contribution < 1.29 is 18.4 Å². The summed E-state index contributed by atoms with van der Waals surface area (Å²) in [5.41, 5.74) is 0.713. The van der Waals surface area contributed by atoms with E-state index < -0.39 is 22.6 Å². The normalized spacial score (nSPS) is 16.8. The zero-order valence-corrected chi connectivity index (χ0v) is 13.1. The molecule has 2 N–H and O–H groups in total. The summed E-state index contributed by atoms with van der Waals surface area (Å²) in [4.78, 5) is 24.8. The van der Waals surface area contributed by atoms with Gasteiger partial charge in [-0.2, -0.15) is 0 Å². The van der Waals surface area contributed by atoms with Crippen molar-refractivity contribution in [3.8, 4) is 0 Å². The van der Waals surface area contributed by atoms with Crippen LogP contribution in [-0.4, -0.2) is 27.3 Å². The van der Waals surface area contributed by atoms with E-state index >= 15 is 0 Å². The van der Waals surface area contributed by atoms with Crippen LogP contribution >= 0.6 is 23.1 Å². The van der Waals surface area contributed by atoms with Crippen LogP contribution in [0.5, 0.6) is 0 Å². The standard InChI is InChI=1S/C13H10F2N4O2S2/c14-10(15)12-18-19-13(23-12)17-9(20)5-8-11(21)16-6-3-1-2-4-7(6)22-8/h1-4,8,10H,5H2,(H,16,21)(H,17,19,20). The lowest BCUT2D eigenvalue weighted by atomic mass is 10.2. The molecule has 6 nitrogen and oxygen atoms in total. The third-order valence-corrected chi connectivity index (χ3v) is 5.07. The molecule has 0 saturated carbocycles. The Labute approximate surface area is 137 Å². The van der Waals surface area contributed by atoms with E-state index in [1.807, 2.05) is 18.2 Å². The molecular formula is C13H10F2N4O2S2. The van der Waals surface area contributed by atoms with Crippen LogP contribution in [0.2, 0.25) is 0 Å². The SMILES string of the molecule is O=C(CC1Sc2ccccc2NC1=O)Nc1nnc(C(F)F)s1. The van der Waals surface area contributed by atoms with Crippen molar-refractivity contribution in [3.05, 3.63) is 29.3 Å². The Balaban J connectivity index is 1.62. The number of benzene rings is 1. The van der Waals surface area contributed by atoms with Crippen molar-refractivity contribution in [2.24, 2.45) is 0 Å². The predicted octanol–water partition coefficient (Wildman–Crippen LogP) is 2.92. The maximum atomic E-state index is 12.4. The molecule has 0 spiro atoms. The maximum Gasteiger partial charge on any atom is 0.291 e. The zero-order valence-electron chi connectivity index (χ0n) is 11.5. The van der Waals surface area contributed by atoms with Crippen LogP contribution < -0.4 is 10.6 Å². The number of aromatic nitrogens is 2. The Morgan fingerprint density at radius 3 is 2.87 bits per heavy atom. The van der Waals surface area contributed by atoms with Gasteiger partial charge in [-0.1, -0.05) is 23.5 Å². The quantitative estimate of drug-likeness (QED) is 0.880. The van der Waals surface area contributed by atoms with E-state index in [0.717, 1.165) is 4.90 Å². The maximum absolute atomic E-state index is 12.4. The number of hydrogen-bond acceptors (Lipinski definition) is 6. The number of hydrogen-bond donors (Lipinski definition) is 2. The van der Waals surface area contributed by atoms with E-state index in [1.54, 1.807) is 6.07 Å². The molecule has 1 aliphatic rings. The number of anilines is 2. The van der Waals surface area contributed by atoms with E-state index in [1.165, 1.54) is 11.8 Å². The number of nitrogens with zero attached hydrogens (tertiary/aromatic N) is 2. The smallest absolute Gasteiger partial charge is 0.291 e. The number of amides is 2. The van der Waals surface area contributed by atoms with Gasteiger partial charge >= 0.3 is 0 Å². The Kier molecular flexibility index (Phi) is 4.53. The fourth-order valence-corrected chi connectivity index (χ4v) is 3.66. The van der Waals surface area contributed by atoms with Gasteiger partial charge in [0, 0.05) is 11.3 Å². The fraction of sp³-hybridized carbons (Fsp3) is 0.231. The largest absolute Gasteiger partial charge is 0.324 e. The lowest BCUT2D eigenvalue weighted by Gasteiger charge is -2.23. The van der Waals surface area contributed by atoms with Gasteiger partial charge < -0.3 is 10.6 Å². The number of fused-ring (bicyclic) bond motifs is 1. The number of carbonyl (C=O) groups excluding carboxylic acids is 2. The number of alkyl halides is 2. The summed E-state index contributed by atoms with van der Waals surface area (Å²) in [7, 11) is 0. The second-order valence-corrected chi connectivity index (χ2v) is 6.84. The first-order chi connectivity index (χ1) is 11.0. The van der Waals surface area contributed by atoms with Gasteiger partial charge in [-0.3, -0.25) is 9.59 Å². The molecule has 0 saturated heterocycles. The number of halogens is 2. The Morgan fingerprint density at radius 1 is 1.35 bits per heavy atom. The van der Waals surface area contributed by atoms with E-state index in [-0.39, 0.29) is 17.5 Å². The van der Waals surface area contributed by atoms with E-state index in [2.05, 4.69) is 20.8 Å². The van der Waals surface area contributed by atoms with Crippen molar-refractivity contribution in [2.75, 3.05) is 10.6 Å². The summed E-state index contributed by atoms with van der Waals surface area (Å²) in [6.07, 6.45) is -2.82. The van der Waals surface area contributed by atoms with Crippen LogP contribution in [0.3, 0.4) is 0 Å². The first kappa shape index (κ1) is 15.8. The molecule has 10 heteroatoms. The molecule has 23 heavy (non-hydrogen) atoms. The summed E-state index contributed by atoms with van der Waals surface area (Å²) in [6, 6.07) is 7.28. The molecule has 1 aliphatic heterocycles. The molecule has 1 aromatic heterocycles. The summed E-state index contributed by atoms with van der Waals surface area (Å²) >= 11 is 1.90. The highest BCUT2D eigenvalue weighted by Gasteiger charge is 2.29. The Morgan fingerprint density at radius 2 is 2.13 bits per heavy atom. The molecule has 1 aromatic carbocycles. The number of thioether (sulfide) groups is 1. The highest BCUT2D eigenvalue weighted by molar-refractivity contribution is 8.01. The lowest BCUT2D eigenvalue weighted by molar-refractivity contribution is -0.120. The van der Waals surface area contributed by atoms with Crippen LogP contribution in [0.4, 0.5) is 19.6 Å². The van der Waals surface area contributed by atoms with Gasteiger partial charge in [0.05, 0.1) is 10.9 Å². The van der Waals surface area contributed by atoms with E-state index in [9.17, 15) is 18.4 Å². The highest BCUT2D eigenvalue weighted by atomic mass is 32.2. The second kappa shape index (κ2) is 6.59. The predicted molar refractivity (Wildman–Crippen MR) is 82.8 cm³/mol. The minimum absolute atomic E-state index is 0.00748. The Hall–Kier alpha value is -2.07. The molecule has 0 aliphatic carbocycles. The first-order valence-electron chi connectivity index (χ1n) is 6.51. The van der Waals surface area contributed by atoms with Gasteiger partial charge in [0.15, 0.2) is 5.01 Å². The summed E-state index contributed by atoms with van der Waals surface area (Å²) in [5, 5.41) is 10.8. The molecule has 1 atom stereocenters. The third kappa shape index (κ3) is 3.64. The van der Waals surface area contributed by atoms with Gasteiger partial charge in [0.25, 0.3) is 6.43 Å². The van der Waals surface area contributed by atoms with Crippen LogP contribution in [0, 0.1) is 0 Å². The van der Waals surface area contributed by atoms with Crippen LogP contribution in [0.25, 0.3) is 0 Å². The van der Waals surface area contributed by atoms with Crippen LogP contribution in [0.15, 0.2) is 29.2 Å². The molecular weight excluding hydrogens is 346 g/mol.